The van der Waals surface area contributed by atoms with E-state index in [1.165, 1.54) is 12.8 Å². The van der Waals surface area contributed by atoms with Crippen LogP contribution in [0.5, 0.6) is 0 Å². The van der Waals surface area contributed by atoms with Crippen LogP contribution in [-0.2, 0) is 0 Å². The van der Waals surface area contributed by atoms with E-state index in [9.17, 15) is 10.2 Å². The topological polar surface area (TPSA) is 52.5 Å². The predicted molar refractivity (Wildman–Crippen MR) is 61.8 cm³/mol. The minimum absolute atomic E-state index is 0.194. The van der Waals surface area contributed by atoms with E-state index in [-0.39, 0.29) is 18.2 Å². The van der Waals surface area contributed by atoms with Crippen molar-refractivity contribution < 1.29 is 10.2 Å². The first-order valence-electron chi connectivity index (χ1n) is 6.33. The quantitative estimate of drug-likeness (QED) is 0.608. The summed E-state index contributed by atoms with van der Waals surface area (Å²) < 4.78 is 0. The van der Waals surface area contributed by atoms with Gasteiger partial charge in [-0.05, 0) is 19.3 Å². The largest absolute Gasteiger partial charge is 0.392 e. The molecule has 1 rings (SSSR count). The molecule has 0 saturated heterocycles. The molecule has 0 radical (unpaired) electrons. The molecule has 0 amide bonds. The molecular weight excluding hydrogens is 190 g/mol. The summed E-state index contributed by atoms with van der Waals surface area (Å²) in [5.74, 6) is 0. The lowest BCUT2D eigenvalue weighted by molar-refractivity contribution is 0.102. The van der Waals surface area contributed by atoms with Crippen LogP contribution in [0, 0.1) is 0 Å². The van der Waals surface area contributed by atoms with E-state index in [0.717, 1.165) is 32.1 Å². The Labute approximate surface area is 92.9 Å². The standard InChI is InChI=1S/C12H25NO2/c1-2-6-10(14)9-13-11-7-4-3-5-8-12(11)15/h10-15H,2-9H2,1H3. The zero-order valence-electron chi connectivity index (χ0n) is 9.78. The first-order chi connectivity index (χ1) is 7.24. The highest BCUT2D eigenvalue weighted by Crippen LogP contribution is 2.18. The van der Waals surface area contributed by atoms with Crippen LogP contribution in [0.25, 0.3) is 0 Å². The smallest absolute Gasteiger partial charge is 0.0693 e. The lowest BCUT2D eigenvalue weighted by Gasteiger charge is -2.23. The van der Waals surface area contributed by atoms with Gasteiger partial charge in [0.05, 0.1) is 12.2 Å². The van der Waals surface area contributed by atoms with Gasteiger partial charge >= 0.3 is 0 Å². The molecule has 15 heavy (non-hydrogen) atoms. The summed E-state index contributed by atoms with van der Waals surface area (Å²) in [5.41, 5.74) is 0. The average Bonchev–Trinajstić information content (AvgIpc) is 2.41. The molecule has 0 heterocycles. The van der Waals surface area contributed by atoms with Gasteiger partial charge in [0.1, 0.15) is 0 Å². The van der Waals surface area contributed by atoms with Gasteiger partial charge in [0.15, 0.2) is 0 Å². The molecule has 3 N–H and O–H groups in total. The molecule has 1 saturated carbocycles. The van der Waals surface area contributed by atoms with Crippen molar-refractivity contribution >= 4 is 0 Å². The van der Waals surface area contributed by atoms with E-state index in [1.807, 2.05) is 0 Å². The molecule has 1 fully saturated rings. The van der Waals surface area contributed by atoms with Crippen molar-refractivity contribution in [2.24, 2.45) is 0 Å². The first kappa shape index (κ1) is 12.9. The number of nitrogens with one attached hydrogen (secondary N) is 1. The van der Waals surface area contributed by atoms with Gasteiger partial charge in [-0.3, -0.25) is 0 Å². The van der Waals surface area contributed by atoms with Crippen LogP contribution in [0.2, 0.25) is 0 Å². The summed E-state index contributed by atoms with van der Waals surface area (Å²) in [6.45, 7) is 2.69. The zero-order valence-corrected chi connectivity index (χ0v) is 9.78. The average molecular weight is 215 g/mol. The van der Waals surface area contributed by atoms with Gasteiger partial charge in [-0.2, -0.15) is 0 Å². The highest BCUT2D eigenvalue weighted by molar-refractivity contribution is 4.79. The molecule has 3 atom stereocenters. The maximum absolute atomic E-state index is 9.85. The fourth-order valence-corrected chi connectivity index (χ4v) is 2.25. The van der Waals surface area contributed by atoms with Crippen LogP contribution in [0.4, 0.5) is 0 Å². The van der Waals surface area contributed by atoms with Crippen LogP contribution in [0.15, 0.2) is 0 Å². The fraction of sp³-hybridized carbons (Fsp3) is 1.00. The van der Waals surface area contributed by atoms with E-state index in [0.29, 0.717) is 6.54 Å². The second kappa shape index (κ2) is 7.20. The minimum atomic E-state index is -0.259. The normalized spacial score (nSPS) is 29.8. The SMILES string of the molecule is CCCC(O)CNC1CCCCCC1O. The lowest BCUT2D eigenvalue weighted by atomic mass is 10.1. The maximum Gasteiger partial charge on any atom is 0.0693 e. The zero-order chi connectivity index (χ0) is 11.1. The molecule has 0 aromatic rings. The molecule has 0 aliphatic heterocycles. The van der Waals surface area contributed by atoms with E-state index < -0.39 is 0 Å². The van der Waals surface area contributed by atoms with Crippen molar-refractivity contribution in [2.75, 3.05) is 6.54 Å². The van der Waals surface area contributed by atoms with Gasteiger partial charge in [-0.15, -0.1) is 0 Å². The number of hydrogen-bond acceptors (Lipinski definition) is 3. The van der Waals surface area contributed by atoms with Crippen LogP contribution in [-0.4, -0.2) is 35.0 Å². The van der Waals surface area contributed by atoms with Crippen molar-refractivity contribution in [2.45, 2.75) is 70.1 Å². The Morgan fingerprint density at radius 2 is 2.00 bits per heavy atom. The summed E-state index contributed by atoms with van der Waals surface area (Å²) in [7, 11) is 0. The fourth-order valence-electron chi connectivity index (χ4n) is 2.25. The van der Waals surface area contributed by atoms with E-state index in [1.54, 1.807) is 0 Å². The first-order valence-corrected chi connectivity index (χ1v) is 6.33. The molecule has 0 bridgehead atoms. The van der Waals surface area contributed by atoms with Crippen LogP contribution >= 0.6 is 0 Å². The molecule has 1 aliphatic carbocycles. The number of rotatable bonds is 5. The Hall–Kier alpha value is -0.120. The Morgan fingerprint density at radius 1 is 1.27 bits per heavy atom. The minimum Gasteiger partial charge on any atom is -0.392 e. The van der Waals surface area contributed by atoms with Gasteiger partial charge < -0.3 is 15.5 Å². The molecule has 1 aliphatic rings. The summed E-state index contributed by atoms with van der Waals surface area (Å²) in [6.07, 6.45) is 6.88. The van der Waals surface area contributed by atoms with E-state index >= 15 is 0 Å². The third-order valence-corrected chi connectivity index (χ3v) is 3.22. The van der Waals surface area contributed by atoms with Crippen LogP contribution in [0.1, 0.15) is 51.9 Å². The van der Waals surface area contributed by atoms with Gasteiger partial charge in [0.25, 0.3) is 0 Å². The van der Waals surface area contributed by atoms with Gasteiger partial charge in [-0.1, -0.05) is 32.6 Å². The third kappa shape index (κ3) is 4.96. The van der Waals surface area contributed by atoms with Gasteiger partial charge in [-0.25, -0.2) is 0 Å². The molecule has 0 spiro atoms. The van der Waals surface area contributed by atoms with Gasteiger partial charge in [0, 0.05) is 12.6 Å². The molecule has 0 aromatic carbocycles. The summed E-state index contributed by atoms with van der Waals surface area (Å²) in [4.78, 5) is 0. The Bertz CT molecular complexity index is 164. The molecule has 3 heteroatoms. The summed E-state index contributed by atoms with van der Waals surface area (Å²) >= 11 is 0. The highest BCUT2D eigenvalue weighted by atomic mass is 16.3. The number of hydrogen-bond donors (Lipinski definition) is 3. The highest BCUT2D eigenvalue weighted by Gasteiger charge is 2.21. The predicted octanol–water partition coefficient (Wildman–Crippen LogP) is 1.43. The molecule has 90 valence electrons. The van der Waals surface area contributed by atoms with E-state index in [2.05, 4.69) is 12.2 Å². The molecule has 0 aromatic heterocycles. The summed E-state index contributed by atoms with van der Waals surface area (Å²) in [6, 6.07) is 0.194. The van der Waals surface area contributed by atoms with Crippen molar-refractivity contribution in [1.82, 2.24) is 5.32 Å². The number of aliphatic hydroxyl groups is 2. The second-order valence-corrected chi connectivity index (χ2v) is 4.66. The Morgan fingerprint density at radius 3 is 2.73 bits per heavy atom. The second-order valence-electron chi connectivity index (χ2n) is 4.66. The third-order valence-electron chi connectivity index (χ3n) is 3.22. The Kier molecular flexibility index (Phi) is 6.22. The molecule has 3 nitrogen and oxygen atoms in total. The number of aliphatic hydroxyl groups excluding tert-OH is 2. The molecular formula is C12H25NO2. The Balaban J connectivity index is 2.22. The molecule has 3 unspecified atom stereocenters. The van der Waals surface area contributed by atoms with Crippen molar-refractivity contribution in [3.05, 3.63) is 0 Å². The van der Waals surface area contributed by atoms with Crippen molar-refractivity contribution in [3.63, 3.8) is 0 Å². The summed E-state index contributed by atoms with van der Waals surface area (Å²) in [5, 5.41) is 22.7. The van der Waals surface area contributed by atoms with Crippen molar-refractivity contribution in [1.29, 1.82) is 0 Å². The maximum atomic E-state index is 9.85. The lowest BCUT2D eigenvalue weighted by Crippen LogP contribution is -2.42. The van der Waals surface area contributed by atoms with E-state index in [4.69, 9.17) is 0 Å². The van der Waals surface area contributed by atoms with Crippen molar-refractivity contribution in [3.8, 4) is 0 Å². The van der Waals surface area contributed by atoms with Gasteiger partial charge in [0.2, 0.25) is 0 Å². The monoisotopic (exact) mass is 215 g/mol. The van der Waals surface area contributed by atoms with Crippen LogP contribution < -0.4 is 5.32 Å². The van der Waals surface area contributed by atoms with Crippen LogP contribution in [0.3, 0.4) is 0 Å².